The van der Waals surface area contributed by atoms with Gasteiger partial charge in [0.1, 0.15) is 11.5 Å². The largest absolute Gasteiger partial charge is 0.466 e. The number of aromatic amines is 1. The van der Waals surface area contributed by atoms with Crippen molar-refractivity contribution in [2.75, 3.05) is 11.9 Å². The van der Waals surface area contributed by atoms with Crippen molar-refractivity contribution in [3.63, 3.8) is 0 Å². The topological polar surface area (TPSA) is 119 Å². The van der Waals surface area contributed by atoms with Crippen LogP contribution in [0, 0.1) is 13.8 Å². The predicted octanol–water partition coefficient (Wildman–Crippen LogP) is 2.58. The first-order valence-corrected chi connectivity index (χ1v) is 9.94. The molecule has 2 N–H and O–H groups in total. The fourth-order valence-corrected chi connectivity index (χ4v) is 3.24. The van der Waals surface area contributed by atoms with E-state index in [1.807, 2.05) is 17.5 Å². The van der Waals surface area contributed by atoms with Gasteiger partial charge in [-0.05, 0) is 32.2 Å². The van der Waals surface area contributed by atoms with Gasteiger partial charge in [-0.2, -0.15) is 9.78 Å². The molecule has 10 heteroatoms. The molecule has 0 saturated carbocycles. The zero-order valence-corrected chi connectivity index (χ0v) is 17.1. The number of ether oxygens (including phenoxy) is 1. The van der Waals surface area contributed by atoms with Crippen LogP contribution in [0.5, 0.6) is 0 Å². The maximum atomic E-state index is 12.3. The number of thiophene rings is 1. The lowest BCUT2D eigenvalue weighted by Gasteiger charge is -2.09. The molecule has 0 radical (unpaired) electrons. The summed E-state index contributed by atoms with van der Waals surface area (Å²) in [6.07, 6.45) is -0.0560. The highest BCUT2D eigenvalue weighted by Crippen LogP contribution is 2.27. The van der Waals surface area contributed by atoms with Gasteiger partial charge in [0, 0.05) is 23.7 Å². The van der Waals surface area contributed by atoms with Crippen LogP contribution >= 0.6 is 11.3 Å². The number of nitrogens with one attached hydrogen (secondary N) is 2. The third kappa shape index (κ3) is 4.77. The summed E-state index contributed by atoms with van der Waals surface area (Å²) in [6.45, 7) is 5.39. The number of rotatable bonds is 7. The van der Waals surface area contributed by atoms with Gasteiger partial charge in [-0.3, -0.25) is 19.4 Å². The molecule has 152 valence electrons. The van der Waals surface area contributed by atoms with Gasteiger partial charge in [-0.15, -0.1) is 11.3 Å². The Morgan fingerprint density at radius 2 is 2.10 bits per heavy atom. The van der Waals surface area contributed by atoms with Crippen LogP contribution in [0.1, 0.15) is 31.0 Å². The Bertz CT molecular complexity index is 1080. The SMILES string of the molecule is CCOC(=O)CCC(=O)Nc1cc(-c2cccs2)nn1-c1nc(C)c(C)c(=O)[nH]1. The van der Waals surface area contributed by atoms with Gasteiger partial charge in [0.05, 0.1) is 17.9 Å². The van der Waals surface area contributed by atoms with Gasteiger partial charge >= 0.3 is 5.97 Å². The third-order valence-corrected chi connectivity index (χ3v) is 5.09. The van der Waals surface area contributed by atoms with E-state index >= 15 is 0 Å². The highest BCUT2D eigenvalue weighted by molar-refractivity contribution is 7.13. The molecular formula is C19H21N5O4S. The zero-order chi connectivity index (χ0) is 21.0. The first kappa shape index (κ1) is 20.5. The second-order valence-electron chi connectivity index (χ2n) is 6.26. The van der Waals surface area contributed by atoms with Gasteiger partial charge in [0.2, 0.25) is 11.9 Å². The van der Waals surface area contributed by atoms with Crippen molar-refractivity contribution in [3.05, 3.63) is 45.2 Å². The van der Waals surface area contributed by atoms with E-state index in [2.05, 4.69) is 20.4 Å². The number of carbonyl (C=O) groups is 2. The standard InChI is InChI=1S/C19H21N5O4S/c1-4-28-17(26)8-7-16(25)21-15-10-13(14-6-5-9-29-14)23-24(15)19-20-12(3)11(2)18(27)22-19/h5-6,9-10H,4,7-8H2,1-3H3,(H,21,25)(H,20,22,27). The Morgan fingerprint density at radius 3 is 2.76 bits per heavy atom. The Hall–Kier alpha value is -3.27. The third-order valence-electron chi connectivity index (χ3n) is 4.19. The number of H-pyrrole nitrogens is 1. The number of hydrogen-bond acceptors (Lipinski definition) is 7. The number of nitrogens with zero attached hydrogens (tertiary/aromatic N) is 3. The van der Waals surface area contributed by atoms with E-state index in [1.54, 1.807) is 26.8 Å². The smallest absolute Gasteiger partial charge is 0.306 e. The number of aromatic nitrogens is 4. The summed E-state index contributed by atoms with van der Waals surface area (Å²) >= 11 is 1.50. The van der Waals surface area contributed by atoms with Gasteiger partial charge in [0.15, 0.2) is 0 Å². The van der Waals surface area contributed by atoms with E-state index in [1.165, 1.54) is 16.0 Å². The minimum absolute atomic E-state index is 0.0235. The van der Waals surface area contributed by atoms with E-state index in [-0.39, 0.29) is 36.9 Å². The van der Waals surface area contributed by atoms with Crippen molar-refractivity contribution >= 4 is 29.0 Å². The van der Waals surface area contributed by atoms with Gasteiger partial charge in [-0.1, -0.05) is 6.07 Å². The maximum Gasteiger partial charge on any atom is 0.306 e. The molecule has 1 amide bonds. The van der Waals surface area contributed by atoms with Crippen LogP contribution in [0.2, 0.25) is 0 Å². The lowest BCUT2D eigenvalue weighted by Crippen LogP contribution is -2.21. The summed E-state index contributed by atoms with van der Waals surface area (Å²) in [5.41, 5.74) is 1.43. The van der Waals surface area contributed by atoms with Gasteiger partial charge in [0.25, 0.3) is 5.56 Å². The molecule has 0 aliphatic carbocycles. The monoisotopic (exact) mass is 415 g/mol. The number of aryl methyl sites for hydroxylation is 1. The quantitative estimate of drug-likeness (QED) is 0.573. The van der Waals surface area contributed by atoms with Crippen LogP contribution < -0.4 is 10.9 Å². The average molecular weight is 415 g/mol. The average Bonchev–Trinajstić information content (AvgIpc) is 3.34. The molecule has 0 atom stereocenters. The second-order valence-corrected chi connectivity index (χ2v) is 7.20. The van der Waals surface area contributed by atoms with E-state index in [4.69, 9.17) is 4.74 Å². The van der Waals surface area contributed by atoms with E-state index in [9.17, 15) is 14.4 Å². The van der Waals surface area contributed by atoms with Crippen LogP contribution in [0.4, 0.5) is 5.82 Å². The Kier molecular flexibility index (Phi) is 6.23. The first-order valence-electron chi connectivity index (χ1n) is 9.06. The molecule has 0 aliphatic heterocycles. The summed E-state index contributed by atoms with van der Waals surface area (Å²) in [6, 6.07) is 5.50. The van der Waals surface area contributed by atoms with Crippen LogP contribution in [0.25, 0.3) is 16.5 Å². The second kappa shape index (κ2) is 8.82. The highest BCUT2D eigenvalue weighted by Gasteiger charge is 2.17. The molecule has 0 saturated heterocycles. The lowest BCUT2D eigenvalue weighted by molar-refractivity contribution is -0.144. The van der Waals surface area contributed by atoms with Crippen molar-refractivity contribution in [2.24, 2.45) is 0 Å². The van der Waals surface area contributed by atoms with Crippen molar-refractivity contribution in [1.82, 2.24) is 19.7 Å². The van der Waals surface area contributed by atoms with E-state index < -0.39 is 5.97 Å². The molecule has 0 aromatic carbocycles. The number of carbonyl (C=O) groups excluding carboxylic acids is 2. The van der Waals surface area contributed by atoms with Crippen molar-refractivity contribution in [2.45, 2.75) is 33.6 Å². The molecule has 0 aliphatic rings. The normalized spacial score (nSPS) is 10.7. The number of amides is 1. The van der Waals surface area contributed by atoms with Crippen LogP contribution in [-0.4, -0.2) is 38.2 Å². The highest BCUT2D eigenvalue weighted by atomic mass is 32.1. The predicted molar refractivity (Wildman–Crippen MR) is 109 cm³/mol. The molecule has 0 unspecified atom stereocenters. The number of anilines is 1. The van der Waals surface area contributed by atoms with Crippen molar-refractivity contribution in [1.29, 1.82) is 0 Å². The van der Waals surface area contributed by atoms with Crippen LogP contribution in [0.15, 0.2) is 28.4 Å². The molecular weight excluding hydrogens is 394 g/mol. The van der Waals surface area contributed by atoms with Crippen molar-refractivity contribution in [3.8, 4) is 16.5 Å². The minimum Gasteiger partial charge on any atom is -0.466 e. The van der Waals surface area contributed by atoms with Crippen molar-refractivity contribution < 1.29 is 14.3 Å². The Morgan fingerprint density at radius 1 is 1.31 bits per heavy atom. The minimum atomic E-state index is -0.435. The first-order chi connectivity index (χ1) is 13.9. The van der Waals surface area contributed by atoms with E-state index in [0.717, 1.165) is 4.88 Å². The van der Waals surface area contributed by atoms with Gasteiger partial charge in [-0.25, -0.2) is 4.98 Å². The van der Waals surface area contributed by atoms with Gasteiger partial charge < -0.3 is 10.1 Å². The summed E-state index contributed by atoms with van der Waals surface area (Å²) < 4.78 is 6.22. The molecule has 0 fully saturated rings. The van der Waals surface area contributed by atoms with Crippen LogP contribution in [0.3, 0.4) is 0 Å². The molecule has 3 rings (SSSR count). The number of hydrogen-bond donors (Lipinski definition) is 2. The fourth-order valence-electron chi connectivity index (χ4n) is 2.56. The maximum absolute atomic E-state index is 12.3. The molecule has 3 heterocycles. The number of esters is 1. The zero-order valence-electron chi connectivity index (χ0n) is 16.3. The summed E-state index contributed by atoms with van der Waals surface area (Å²) in [7, 11) is 0. The Labute approximate surface area is 170 Å². The lowest BCUT2D eigenvalue weighted by atomic mass is 10.3. The van der Waals surface area contributed by atoms with Crippen LogP contribution in [-0.2, 0) is 14.3 Å². The summed E-state index contributed by atoms with van der Waals surface area (Å²) in [4.78, 5) is 44.0. The summed E-state index contributed by atoms with van der Waals surface area (Å²) in [5, 5.41) is 9.16. The molecule has 3 aromatic heterocycles. The molecule has 3 aromatic rings. The molecule has 0 spiro atoms. The molecule has 29 heavy (non-hydrogen) atoms. The summed E-state index contributed by atoms with van der Waals surface area (Å²) in [5.74, 6) is -0.269. The fraction of sp³-hybridized carbons (Fsp3) is 0.316. The van der Waals surface area contributed by atoms with E-state index in [0.29, 0.717) is 22.8 Å². The molecule has 0 bridgehead atoms. The Balaban J connectivity index is 1.92. The molecule has 9 nitrogen and oxygen atoms in total.